The Balaban J connectivity index is 0.00000200. The van der Waals surface area contributed by atoms with Crippen LogP contribution in [0.2, 0.25) is 0 Å². The SMILES string of the molecule is I.NC(=NCC1CCCCS1(=O)=O)NC1CCCCC1. The molecule has 1 saturated heterocycles. The Hall–Kier alpha value is -0.0500. The number of nitrogens with two attached hydrogens (primary N) is 1. The van der Waals surface area contributed by atoms with Crippen LogP contribution in [0.15, 0.2) is 4.99 Å². The molecule has 0 aromatic heterocycles. The summed E-state index contributed by atoms with van der Waals surface area (Å²) in [5.41, 5.74) is 5.85. The molecule has 0 aromatic carbocycles. The van der Waals surface area contributed by atoms with Crippen molar-refractivity contribution in [1.29, 1.82) is 0 Å². The van der Waals surface area contributed by atoms with E-state index in [2.05, 4.69) is 10.3 Å². The molecule has 0 bridgehead atoms. The maximum absolute atomic E-state index is 11.9. The van der Waals surface area contributed by atoms with Gasteiger partial charge in [0.2, 0.25) is 0 Å². The van der Waals surface area contributed by atoms with Crippen LogP contribution in [0, 0.1) is 0 Å². The summed E-state index contributed by atoms with van der Waals surface area (Å²) < 4.78 is 23.7. The summed E-state index contributed by atoms with van der Waals surface area (Å²) in [6, 6.07) is 0.417. The van der Waals surface area contributed by atoms with Crippen molar-refractivity contribution in [2.24, 2.45) is 10.7 Å². The van der Waals surface area contributed by atoms with E-state index in [1.165, 1.54) is 19.3 Å². The second-order valence-electron chi connectivity index (χ2n) is 5.69. The minimum absolute atomic E-state index is 0. The summed E-state index contributed by atoms with van der Waals surface area (Å²) in [6.45, 7) is 0.313. The lowest BCUT2D eigenvalue weighted by Gasteiger charge is -2.24. The van der Waals surface area contributed by atoms with Gasteiger partial charge in [0, 0.05) is 6.04 Å². The third kappa shape index (κ3) is 5.38. The highest BCUT2D eigenvalue weighted by molar-refractivity contribution is 14.0. The van der Waals surface area contributed by atoms with Crippen molar-refractivity contribution in [3.05, 3.63) is 0 Å². The van der Waals surface area contributed by atoms with Crippen LogP contribution >= 0.6 is 24.0 Å². The van der Waals surface area contributed by atoms with Gasteiger partial charge in [-0.1, -0.05) is 25.7 Å². The average Bonchev–Trinajstić information content (AvgIpc) is 2.38. The molecule has 3 N–H and O–H groups in total. The smallest absolute Gasteiger partial charge is 0.188 e. The normalized spacial score (nSPS) is 27.6. The number of nitrogens with zero attached hydrogens (tertiary/aromatic N) is 1. The van der Waals surface area contributed by atoms with E-state index in [1.54, 1.807) is 0 Å². The number of halogens is 1. The molecule has 1 aliphatic heterocycles. The first-order chi connectivity index (χ1) is 9.08. The summed E-state index contributed by atoms with van der Waals surface area (Å²) in [5, 5.41) is 2.89. The van der Waals surface area contributed by atoms with Gasteiger partial charge < -0.3 is 11.1 Å². The minimum Gasteiger partial charge on any atom is -0.370 e. The fourth-order valence-corrected chi connectivity index (χ4v) is 4.70. The third-order valence-electron chi connectivity index (χ3n) is 4.14. The fourth-order valence-electron chi connectivity index (χ4n) is 2.93. The van der Waals surface area contributed by atoms with Gasteiger partial charge in [-0.3, -0.25) is 4.99 Å². The van der Waals surface area contributed by atoms with Crippen molar-refractivity contribution in [1.82, 2.24) is 5.32 Å². The number of aliphatic imine (C=N–C) groups is 1. The predicted molar refractivity (Wildman–Crippen MR) is 93.3 cm³/mol. The van der Waals surface area contributed by atoms with Crippen LogP contribution in [0.1, 0.15) is 51.4 Å². The van der Waals surface area contributed by atoms with Gasteiger partial charge in [0.05, 0.1) is 17.5 Å². The molecule has 2 fully saturated rings. The van der Waals surface area contributed by atoms with E-state index >= 15 is 0 Å². The summed E-state index contributed by atoms with van der Waals surface area (Å²) in [4.78, 5) is 4.24. The van der Waals surface area contributed by atoms with Crippen LogP contribution in [0.4, 0.5) is 0 Å². The highest BCUT2D eigenvalue weighted by atomic mass is 127. The number of nitrogens with one attached hydrogen (secondary N) is 1. The van der Waals surface area contributed by atoms with Gasteiger partial charge in [-0.2, -0.15) is 0 Å². The lowest BCUT2D eigenvalue weighted by molar-refractivity contribution is 0.412. The number of hydrogen-bond donors (Lipinski definition) is 2. The summed E-state index contributed by atoms with van der Waals surface area (Å²) in [6.07, 6.45) is 8.55. The average molecular weight is 415 g/mol. The Labute approximate surface area is 139 Å². The van der Waals surface area contributed by atoms with Gasteiger partial charge in [-0.25, -0.2) is 8.42 Å². The molecule has 7 heteroatoms. The first-order valence-electron chi connectivity index (χ1n) is 7.36. The maximum atomic E-state index is 11.9. The second kappa shape index (κ2) is 8.41. The van der Waals surface area contributed by atoms with Gasteiger partial charge in [-0.05, 0) is 25.7 Å². The molecule has 1 aliphatic carbocycles. The minimum atomic E-state index is -2.94. The molecule has 0 radical (unpaired) electrons. The van der Waals surface area contributed by atoms with Crippen molar-refractivity contribution in [3.8, 4) is 0 Å². The molecule has 0 spiro atoms. The molecule has 1 atom stereocenters. The van der Waals surface area contributed by atoms with Gasteiger partial charge in [0.25, 0.3) is 0 Å². The Morgan fingerprint density at radius 3 is 2.40 bits per heavy atom. The van der Waals surface area contributed by atoms with Gasteiger partial charge >= 0.3 is 0 Å². The highest BCUT2D eigenvalue weighted by Gasteiger charge is 2.28. The predicted octanol–water partition coefficient (Wildman–Crippen LogP) is 1.81. The molecule has 2 aliphatic rings. The zero-order valence-corrected chi connectivity index (χ0v) is 15.0. The maximum Gasteiger partial charge on any atom is 0.188 e. The molecule has 1 heterocycles. The Morgan fingerprint density at radius 2 is 1.75 bits per heavy atom. The van der Waals surface area contributed by atoms with Gasteiger partial charge in [-0.15, -0.1) is 24.0 Å². The molecule has 118 valence electrons. The molecule has 0 aromatic rings. The van der Waals surface area contributed by atoms with Crippen LogP contribution in [0.3, 0.4) is 0 Å². The summed E-state index contributed by atoms with van der Waals surface area (Å²) >= 11 is 0. The lowest BCUT2D eigenvalue weighted by Crippen LogP contribution is -2.42. The van der Waals surface area contributed by atoms with Crippen LogP contribution in [0.25, 0.3) is 0 Å². The zero-order chi connectivity index (χ0) is 13.7. The quantitative estimate of drug-likeness (QED) is 0.418. The topological polar surface area (TPSA) is 84.5 Å². The Morgan fingerprint density at radius 1 is 1.10 bits per heavy atom. The number of rotatable bonds is 3. The number of sulfone groups is 1. The molecule has 1 saturated carbocycles. The number of hydrogen-bond acceptors (Lipinski definition) is 3. The van der Waals surface area contributed by atoms with Gasteiger partial charge in [0.1, 0.15) is 0 Å². The van der Waals surface area contributed by atoms with E-state index < -0.39 is 9.84 Å². The van der Waals surface area contributed by atoms with E-state index in [0.29, 0.717) is 24.3 Å². The summed E-state index contributed by atoms with van der Waals surface area (Å²) in [7, 11) is -2.94. The largest absolute Gasteiger partial charge is 0.370 e. The molecular weight excluding hydrogens is 389 g/mol. The van der Waals surface area contributed by atoms with Crippen molar-refractivity contribution in [2.45, 2.75) is 62.7 Å². The Kier molecular flexibility index (Phi) is 7.57. The second-order valence-corrected chi connectivity index (χ2v) is 8.09. The van der Waals surface area contributed by atoms with E-state index in [0.717, 1.165) is 32.1 Å². The monoisotopic (exact) mass is 415 g/mol. The standard InChI is InChI=1S/C13H25N3O2S.HI/c14-13(16-11-6-2-1-3-7-11)15-10-12-8-4-5-9-19(12,17)18;/h11-12H,1-10H2,(H3,14,15,16);1H. The van der Waals surface area contributed by atoms with Crippen LogP contribution < -0.4 is 11.1 Å². The third-order valence-corrected chi connectivity index (χ3v) is 6.39. The van der Waals surface area contributed by atoms with E-state index in [1.807, 2.05) is 0 Å². The first-order valence-corrected chi connectivity index (χ1v) is 9.07. The molecule has 5 nitrogen and oxygen atoms in total. The fraction of sp³-hybridized carbons (Fsp3) is 0.923. The van der Waals surface area contributed by atoms with Crippen molar-refractivity contribution < 1.29 is 8.42 Å². The molecule has 2 rings (SSSR count). The molecule has 0 amide bonds. The first kappa shape index (κ1) is 18.0. The zero-order valence-electron chi connectivity index (χ0n) is 11.9. The number of guanidine groups is 1. The van der Waals surface area contributed by atoms with Crippen molar-refractivity contribution >= 4 is 39.8 Å². The Bertz CT molecular complexity index is 419. The van der Waals surface area contributed by atoms with E-state index in [-0.39, 0.29) is 29.2 Å². The summed E-state index contributed by atoms with van der Waals surface area (Å²) in [5.74, 6) is 0.719. The van der Waals surface area contributed by atoms with E-state index in [4.69, 9.17) is 5.73 Å². The van der Waals surface area contributed by atoms with Gasteiger partial charge in [0.15, 0.2) is 15.8 Å². The van der Waals surface area contributed by atoms with Crippen molar-refractivity contribution in [3.63, 3.8) is 0 Å². The van der Waals surface area contributed by atoms with Crippen molar-refractivity contribution in [2.75, 3.05) is 12.3 Å². The highest BCUT2D eigenvalue weighted by Crippen LogP contribution is 2.20. The molecule has 20 heavy (non-hydrogen) atoms. The van der Waals surface area contributed by atoms with E-state index in [9.17, 15) is 8.42 Å². The molecule has 1 unspecified atom stereocenters. The molecular formula is C13H26IN3O2S. The lowest BCUT2D eigenvalue weighted by atomic mass is 9.96. The van der Waals surface area contributed by atoms with Crippen LogP contribution in [-0.4, -0.2) is 38.0 Å². The van der Waals surface area contributed by atoms with Crippen LogP contribution in [-0.2, 0) is 9.84 Å². The van der Waals surface area contributed by atoms with Crippen LogP contribution in [0.5, 0.6) is 0 Å².